The van der Waals surface area contributed by atoms with Crippen LogP contribution in [0.3, 0.4) is 0 Å². The molecular formula is C70H132O17P2. The summed E-state index contributed by atoms with van der Waals surface area (Å²) in [5.41, 5.74) is 0. The molecule has 5 atom stereocenters. The van der Waals surface area contributed by atoms with E-state index in [-0.39, 0.29) is 25.7 Å². The van der Waals surface area contributed by atoms with Crippen LogP contribution in [0, 0.1) is 11.8 Å². The van der Waals surface area contributed by atoms with Crippen molar-refractivity contribution >= 4 is 39.5 Å². The average Bonchev–Trinajstić information content (AvgIpc) is 3.71. The number of aliphatic hydroxyl groups is 1. The van der Waals surface area contributed by atoms with E-state index in [9.17, 15) is 43.2 Å². The lowest BCUT2D eigenvalue weighted by Gasteiger charge is -2.21. The van der Waals surface area contributed by atoms with Gasteiger partial charge in [0.25, 0.3) is 0 Å². The highest BCUT2D eigenvalue weighted by Gasteiger charge is 2.30. The Balaban J connectivity index is 5.25. The number of phosphoric acid groups is 2. The third kappa shape index (κ3) is 64.1. The predicted octanol–water partition coefficient (Wildman–Crippen LogP) is 19.5. The van der Waals surface area contributed by atoms with Crippen LogP contribution in [0.5, 0.6) is 0 Å². The fraction of sp³-hybridized carbons (Fsp3) is 0.886. The van der Waals surface area contributed by atoms with Crippen LogP contribution in [0.25, 0.3) is 0 Å². The minimum atomic E-state index is -4.96. The number of carbonyl (C=O) groups is 4. The molecule has 0 saturated carbocycles. The maximum atomic E-state index is 13.0. The zero-order valence-electron chi connectivity index (χ0n) is 57.2. The van der Waals surface area contributed by atoms with Gasteiger partial charge in [-0.25, -0.2) is 9.13 Å². The molecule has 524 valence electrons. The molecule has 19 heteroatoms. The molecule has 0 radical (unpaired) electrons. The standard InChI is InChI=1S/C70H132O17P2/c1-7-9-11-13-15-16-17-18-19-20-25-30-36-42-48-54-69(74)87-66(59-81-68(73)53-47-41-35-29-24-22-21-23-27-33-38-44-50-62(3)4)61-85-89(78,79)83-57-64(71)56-82-88(76,77)84-60-65(58-80-67(72)52-46-40-32-14-12-10-8-2)86-70(75)55-49-43-37-31-26-28-34-39-45-51-63(5)6/h16-19,62-66,71H,7-15,20-61H2,1-6H3,(H,76,77)(H,78,79)/b17-16-,19-18-/t64-,65+,66+/m0/s1. The first kappa shape index (κ1) is 86.5. The summed E-state index contributed by atoms with van der Waals surface area (Å²) >= 11 is 0. The highest BCUT2D eigenvalue weighted by atomic mass is 31.2. The minimum absolute atomic E-state index is 0.0848. The molecule has 0 amide bonds. The van der Waals surface area contributed by atoms with Gasteiger partial charge in [0.1, 0.15) is 19.3 Å². The monoisotopic (exact) mass is 1310 g/mol. The molecule has 0 aliphatic rings. The van der Waals surface area contributed by atoms with Gasteiger partial charge >= 0.3 is 39.5 Å². The van der Waals surface area contributed by atoms with Gasteiger partial charge in [-0.1, -0.05) is 278 Å². The molecule has 0 spiro atoms. The average molecular weight is 1310 g/mol. The van der Waals surface area contributed by atoms with Crippen molar-refractivity contribution in [2.75, 3.05) is 39.6 Å². The first-order chi connectivity index (χ1) is 42.9. The molecule has 0 aromatic heterocycles. The van der Waals surface area contributed by atoms with E-state index in [1.807, 2.05) is 0 Å². The largest absolute Gasteiger partial charge is 0.472 e. The number of esters is 4. The number of allylic oxidation sites excluding steroid dienone is 4. The van der Waals surface area contributed by atoms with Gasteiger partial charge < -0.3 is 33.8 Å². The second-order valence-corrected chi connectivity index (χ2v) is 28.4. The van der Waals surface area contributed by atoms with Crippen molar-refractivity contribution in [1.29, 1.82) is 0 Å². The summed E-state index contributed by atoms with van der Waals surface area (Å²) < 4.78 is 68.1. The van der Waals surface area contributed by atoms with Crippen molar-refractivity contribution in [1.82, 2.24) is 0 Å². The molecule has 0 fully saturated rings. The number of hydrogen-bond donors (Lipinski definition) is 3. The van der Waals surface area contributed by atoms with Gasteiger partial charge in [0.05, 0.1) is 26.4 Å². The van der Waals surface area contributed by atoms with Crippen LogP contribution in [0.1, 0.15) is 330 Å². The molecule has 0 aliphatic carbocycles. The number of aliphatic hydroxyl groups excluding tert-OH is 1. The Morgan fingerprint density at radius 2 is 0.607 bits per heavy atom. The maximum Gasteiger partial charge on any atom is 0.472 e. The molecule has 2 unspecified atom stereocenters. The van der Waals surface area contributed by atoms with Crippen molar-refractivity contribution < 1.29 is 80.2 Å². The van der Waals surface area contributed by atoms with Crippen LogP contribution in [-0.4, -0.2) is 96.7 Å². The highest BCUT2D eigenvalue weighted by Crippen LogP contribution is 2.45. The van der Waals surface area contributed by atoms with E-state index in [0.717, 1.165) is 127 Å². The summed E-state index contributed by atoms with van der Waals surface area (Å²) in [4.78, 5) is 72.4. The van der Waals surface area contributed by atoms with E-state index in [0.29, 0.717) is 25.7 Å². The summed E-state index contributed by atoms with van der Waals surface area (Å²) in [6, 6.07) is 0. The van der Waals surface area contributed by atoms with Crippen LogP contribution in [0.2, 0.25) is 0 Å². The fourth-order valence-electron chi connectivity index (χ4n) is 10.1. The molecule has 0 rings (SSSR count). The van der Waals surface area contributed by atoms with Gasteiger partial charge in [0.2, 0.25) is 0 Å². The number of hydrogen-bond acceptors (Lipinski definition) is 15. The summed E-state index contributed by atoms with van der Waals surface area (Å²) in [5, 5.41) is 10.6. The van der Waals surface area contributed by atoms with E-state index in [1.165, 1.54) is 122 Å². The maximum absolute atomic E-state index is 13.0. The Morgan fingerprint density at radius 3 is 0.921 bits per heavy atom. The first-order valence-electron chi connectivity index (χ1n) is 35.8. The molecule has 0 aromatic carbocycles. The van der Waals surface area contributed by atoms with E-state index in [4.69, 9.17) is 37.0 Å². The SMILES string of the molecule is CCCCCC/C=C\C=C/CCCCCCCC(=O)O[C@H](COC(=O)CCCCCCCCCCCCCCC(C)C)COP(=O)(O)OC[C@@H](O)COP(=O)(O)OC[C@@H](COC(=O)CCCCCCCCC)OC(=O)CCCCCCCCCCCC(C)C. The predicted molar refractivity (Wildman–Crippen MR) is 358 cm³/mol. The van der Waals surface area contributed by atoms with Crippen LogP contribution < -0.4 is 0 Å². The molecular weight excluding hydrogens is 1170 g/mol. The Bertz CT molecular complexity index is 1830. The van der Waals surface area contributed by atoms with Crippen molar-refractivity contribution in [2.24, 2.45) is 11.8 Å². The molecule has 0 bridgehead atoms. The topological polar surface area (TPSA) is 237 Å². The van der Waals surface area contributed by atoms with Crippen LogP contribution in [0.4, 0.5) is 0 Å². The molecule has 3 N–H and O–H groups in total. The van der Waals surface area contributed by atoms with Crippen LogP contribution >= 0.6 is 15.6 Å². The van der Waals surface area contributed by atoms with E-state index < -0.39 is 97.5 Å². The second kappa shape index (κ2) is 61.7. The highest BCUT2D eigenvalue weighted by molar-refractivity contribution is 7.47. The quantitative estimate of drug-likeness (QED) is 0.0169. The molecule has 0 saturated heterocycles. The first-order valence-corrected chi connectivity index (χ1v) is 38.8. The van der Waals surface area contributed by atoms with Gasteiger partial charge in [-0.15, -0.1) is 0 Å². The number of unbranched alkanes of at least 4 members (excludes halogenated alkanes) is 34. The lowest BCUT2D eigenvalue weighted by atomic mass is 10.0. The summed E-state index contributed by atoms with van der Waals surface area (Å²) in [7, 11) is -9.91. The summed E-state index contributed by atoms with van der Waals surface area (Å²) in [5.74, 6) is -0.645. The Morgan fingerprint density at radius 1 is 0.348 bits per heavy atom. The molecule has 89 heavy (non-hydrogen) atoms. The fourth-order valence-corrected chi connectivity index (χ4v) is 11.6. The van der Waals surface area contributed by atoms with Gasteiger partial charge in [0, 0.05) is 25.7 Å². The van der Waals surface area contributed by atoms with Crippen molar-refractivity contribution in [2.45, 2.75) is 349 Å². The number of ether oxygens (including phenoxy) is 4. The normalized spacial score (nSPS) is 14.3. The minimum Gasteiger partial charge on any atom is -0.462 e. The van der Waals surface area contributed by atoms with Gasteiger partial charge in [-0.3, -0.25) is 37.3 Å². The molecule has 17 nitrogen and oxygen atoms in total. The van der Waals surface area contributed by atoms with Crippen LogP contribution in [0.15, 0.2) is 24.3 Å². The third-order valence-electron chi connectivity index (χ3n) is 15.6. The van der Waals surface area contributed by atoms with Gasteiger partial charge in [-0.2, -0.15) is 0 Å². The Hall–Kier alpha value is -2.46. The van der Waals surface area contributed by atoms with Gasteiger partial charge in [0.15, 0.2) is 12.2 Å². The van der Waals surface area contributed by atoms with Crippen molar-refractivity contribution in [3.05, 3.63) is 24.3 Å². The Kier molecular flexibility index (Phi) is 60.0. The van der Waals surface area contributed by atoms with E-state index in [2.05, 4.69) is 65.8 Å². The molecule has 0 aromatic rings. The lowest BCUT2D eigenvalue weighted by molar-refractivity contribution is -0.161. The van der Waals surface area contributed by atoms with Gasteiger partial charge in [-0.05, 0) is 63.2 Å². The van der Waals surface area contributed by atoms with Crippen molar-refractivity contribution in [3.63, 3.8) is 0 Å². The van der Waals surface area contributed by atoms with E-state index >= 15 is 0 Å². The number of carbonyl (C=O) groups excluding carboxylic acids is 4. The zero-order chi connectivity index (χ0) is 65.7. The van der Waals surface area contributed by atoms with E-state index in [1.54, 1.807) is 0 Å². The second-order valence-electron chi connectivity index (χ2n) is 25.5. The summed E-state index contributed by atoms with van der Waals surface area (Å²) in [6.45, 7) is 9.42. The van der Waals surface area contributed by atoms with Crippen molar-refractivity contribution in [3.8, 4) is 0 Å². The van der Waals surface area contributed by atoms with Crippen LogP contribution in [-0.2, 0) is 65.4 Å². The molecule has 0 aliphatic heterocycles. The third-order valence-corrected chi connectivity index (χ3v) is 17.5. The Labute approximate surface area is 542 Å². The lowest BCUT2D eigenvalue weighted by Crippen LogP contribution is -2.30. The zero-order valence-corrected chi connectivity index (χ0v) is 59.0. The summed E-state index contributed by atoms with van der Waals surface area (Å²) in [6.07, 6.45) is 49.5. The number of rotatable bonds is 67. The number of phosphoric ester groups is 2. The molecule has 0 heterocycles. The smallest absolute Gasteiger partial charge is 0.462 e.